The second-order valence-corrected chi connectivity index (χ2v) is 4.24. The molecule has 1 amide bonds. The molecule has 7 nitrogen and oxygen atoms in total. The third kappa shape index (κ3) is 4.50. The summed E-state index contributed by atoms with van der Waals surface area (Å²) in [6, 6.07) is -1.10. The van der Waals surface area contributed by atoms with Crippen molar-refractivity contribution in [1.82, 2.24) is 10.3 Å². The summed E-state index contributed by atoms with van der Waals surface area (Å²) < 4.78 is 0. The van der Waals surface area contributed by atoms with Crippen molar-refractivity contribution < 1.29 is 24.6 Å². The molecule has 1 rings (SSSR count). The van der Waals surface area contributed by atoms with Crippen LogP contribution in [0.3, 0.4) is 0 Å². The lowest BCUT2D eigenvalue weighted by molar-refractivity contribution is -0.140. The summed E-state index contributed by atoms with van der Waals surface area (Å²) >= 11 is 1.23. The van der Waals surface area contributed by atoms with Gasteiger partial charge in [-0.25, -0.2) is 9.78 Å². The molecule has 0 aliphatic carbocycles. The predicted molar refractivity (Wildman–Crippen MR) is 62.5 cm³/mol. The Bertz CT molecular complexity index is 431. The number of carbonyl (C=O) groups is 3. The van der Waals surface area contributed by atoms with Gasteiger partial charge in [0.05, 0.1) is 5.51 Å². The number of carbonyl (C=O) groups excluding carboxylic acids is 1. The molecule has 18 heavy (non-hydrogen) atoms. The van der Waals surface area contributed by atoms with E-state index in [1.165, 1.54) is 22.2 Å². The molecular formula is C10H12N2O5S. The molecule has 0 saturated carbocycles. The van der Waals surface area contributed by atoms with E-state index in [0.29, 0.717) is 0 Å². The zero-order valence-corrected chi connectivity index (χ0v) is 10.1. The standard InChI is InChI=1S/C10H12N2O5S/c13-8(14)3-1-2-6(10(16)17)12-9(15)7-4-18-5-11-7/h4-6H,1-3H2,(H,12,15)(H,13,14)(H,16,17)/t6-/m1/s1. The van der Waals surface area contributed by atoms with Crippen LogP contribution in [0.25, 0.3) is 0 Å². The first kappa shape index (κ1) is 14.1. The Morgan fingerprint density at radius 1 is 1.39 bits per heavy atom. The fourth-order valence-electron chi connectivity index (χ4n) is 1.27. The van der Waals surface area contributed by atoms with Crippen LogP contribution in [-0.2, 0) is 9.59 Å². The van der Waals surface area contributed by atoms with Gasteiger partial charge in [-0.15, -0.1) is 11.3 Å². The highest BCUT2D eigenvalue weighted by Crippen LogP contribution is 2.05. The van der Waals surface area contributed by atoms with Crippen molar-refractivity contribution in [2.45, 2.75) is 25.3 Å². The summed E-state index contributed by atoms with van der Waals surface area (Å²) in [7, 11) is 0. The Balaban J connectivity index is 2.50. The number of carboxylic acids is 2. The molecule has 98 valence electrons. The third-order valence-corrected chi connectivity index (χ3v) is 2.74. The highest BCUT2D eigenvalue weighted by atomic mass is 32.1. The first-order chi connectivity index (χ1) is 8.50. The number of carboxylic acid groups (broad SMARTS) is 2. The van der Waals surface area contributed by atoms with E-state index in [2.05, 4.69) is 10.3 Å². The van der Waals surface area contributed by atoms with Gasteiger partial charge in [-0.1, -0.05) is 0 Å². The maximum absolute atomic E-state index is 11.6. The number of aliphatic carboxylic acids is 2. The van der Waals surface area contributed by atoms with Crippen molar-refractivity contribution in [3.63, 3.8) is 0 Å². The quantitative estimate of drug-likeness (QED) is 0.668. The average Bonchev–Trinajstić information content (AvgIpc) is 2.80. The Morgan fingerprint density at radius 3 is 2.61 bits per heavy atom. The molecule has 0 aliphatic rings. The fraction of sp³-hybridized carbons (Fsp3) is 0.400. The molecule has 0 aliphatic heterocycles. The molecule has 0 spiro atoms. The maximum Gasteiger partial charge on any atom is 0.326 e. The molecule has 1 aromatic rings. The number of nitrogens with one attached hydrogen (secondary N) is 1. The molecule has 0 saturated heterocycles. The van der Waals surface area contributed by atoms with Gasteiger partial charge in [0.2, 0.25) is 0 Å². The number of thiazole rings is 1. The molecule has 1 atom stereocenters. The van der Waals surface area contributed by atoms with Crippen LogP contribution in [0.1, 0.15) is 29.8 Å². The van der Waals surface area contributed by atoms with Gasteiger partial charge in [0, 0.05) is 11.8 Å². The molecule has 0 bridgehead atoms. The van der Waals surface area contributed by atoms with Gasteiger partial charge in [-0.3, -0.25) is 9.59 Å². The van der Waals surface area contributed by atoms with E-state index in [1.807, 2.05) is 0 Å². The minimum atomic E-state index is -1.19. The lowest BCUT2D eigenvalue weighted by atomic mass is 10.1. The topological polar surface area (TPSA) is 117 Å². The highest BCUT2D eigenvalue weighted by Gasteiger charge is 2.21. The minimum Gasteiger partial charge on any atom is -0.481 e. The Kier molecular flexibility index (Phi) is 5.25. The molecule has 0 aromatic carbocycles. The number of nitrogens with zero attached hydrogens (tertiary/aromatic N) is 1. The highest BCUT2D eigenvalue weighted by molar-refractivity contribution is 7.07. The molecule has 0 unspecified atom stereocenters. The van der Waals surface area contributed by atoms with Crippen LogP contribution in [-0.4, -0.2) is 39.1 Å². The first-order valence-corrected chi connectivity index (χ1v) is 6.08. The summed E-state index contributed by atoms with van der Waals surface area (Å²) in [5, 5.41) is 21.2. The van der Waals surface area contributed by atoms with Gasteiger partial charge >= 0.3 is 11.9 Å². The Hall–Kier alpha value is -1.96. The minimum absolute atomic E-state index is 0.0670. The summed E-state index contributed by atoms with van der Waals surface area (Å²) in [6.45, 7) is 0. The lowest BCUT2D eigenvalue weighted by Gasteiger charge is -2.12. The molecule has 0 radical (unpaired) electrons. The Labute approximate surface area is 106 Å². The van der Waals surface area contributed by atoms with Gasteiger partial charge in [-0.05, 0) is 12.8 Å². The van der Waals surface area contributed by atoms with Crippen LogP contribution >= 0.6 is 11.3 Å². The van der Waals surface area contributed by atoms with Gasteiger partial charge in [0.25, 0.3) is 5.91 Å². The molecular weight excluding hydrogens is 260 g/mol. The first-order valence-electron chi connectivity index (χ1n) is 5.14. The monoisotopic (exact) mass is 272 g/mol. The molecule has 8 heteroatoms. The Morgan fingerprint density at radius 2 is 2.11 bits per heavy atom. The van der Waals surface area contributed by atoms with Crippen LogP contribution in [0.2, 0.25) is 0 Å². The van der Waals surface area contributed by atoms with Crippen molar-refractivity contribution in [3.05, 3.63) is 16.6 Å². The zero-order chi connectivity index (χ0) is 13.5. The van der Waals surface area contributed by atoms with Gasteiger partial charge in [-0.2, -0.15) is 0 Å². The largest absolute Gasteiger partial charge is 0.481 e. The normalized spacial score (nSPS) is 11.8. The van der Waals surface area contributed by atoms with Crippen molar-refractivity contribution in [3.8, 4) is 0 Å². The lowest BCUT2D eigenvalue weighted by Crippen LogP contribution is -2.40. The van der Waals surface area contributed by atoms with Crippen LogP contribution in [0.4, 0.5) is 0 Å². The number of hydrogen-bond donors (Lipinski definition) is 3. The molecule has 0 fully saturated rings. The van der Waals surface area contributed by atoms with E-state index in [9.17, 15) is 14.4 Å². The van der Waals surface area contributed by atoms with E-state index >= 15 is 0 Å². The van der Waals surface area contributed by atoms with Gasteiger partial charge < -0.3 is 15.5 Å². The van der Waals surface area contributed by atoms with Crippen molar-refractivity contribution >= 4 is 29.2 Å². The smallest absolute Gasteiger partial charge is 0.326 e. The number of rotatable bonds is 7. The number of hydrogen-bond acceptors (Lipinski definition) is 5. The van der Waals surface area contributed by atoms with Gasteiger partial charge in [0.15, 0.2) is 0 Å². The van der Waals surface area contributed by atoms with E-state index < -0.39 is 23.9 Å². The van der Waals surface area contributed by atoms with E-state index in [4.69, 9.17) is 10.2 Å². The van der Waals surface area contributed by atoms with E-state index in [0.717, 1.165) is 0 Å². The average molecular weight is 272 g/mol. The third-order valence-electron chi connectivity index (χ3n) is 2.15. The van der Waals surface area contributed by atoms with E-state index in [-0.39, 0.29) is 25.0 Å². The van der Waals surface area contributed by atoms with Crippen LogP contribution in [0.15, 0.2) is 10.9 Å². The summed E-state index contributed by atoms with van der Waals surface area (Å²) in [5.41, 5.74) is 1.62. The SMILES string of the molecule is O=C(O)CCC[C@@H](NC(=O)c1cscn1)C(=O)O. The van der Waals surface area contributed by atoms with Crippen LogP contribution < -0.4 is 5.32 Å². The number of amides is 1. The predicted octanol–water partition coefficient (Wildman–Crippen LogP) is 0.581. The van der Waals surface area contributed by atoms with Crippen molar-refractivity contribution in [2.75, 3.05) is 0 Å². The molecule has 3 N–H and O–H groups in total. The molecule has 1 aromatic heterocycles. The summed E-state index contributed by atoms with van der Waals surface area (Å²) in [5.74, 6) is -2.76. The maximum atomic E-state index is 11.6. The molecule has 1 heterocycles. The zero-order valence-electron chi connectivity index (χ0n) is 9.33. The number of aromatic nitrogens is 1. The second kappa shape index (κ2) is 6.70. The summed E-state index contributed by atoms with van der Waals surface area (Å²) in [6.07, 6.45) is 0.123. The van der Waals surface area contributed by atoms with Crippen molar-refractivity contribution in [1.29, 1.82) is 0 Å². The second-order valence-electron chi connectivity index (χ2n) is 3.52. The van der Waals surface area contributed by atoms with Crippen LogP contribution in [0, 0.1) is 0 Å². The van der Waals surface area contributed by atoms with Crippen molar-refractivity contribution in [2.24, 2.45) is 0 Å². The van der Waals surface area contributed by atoms with E-state index in [1.54, 1.807) is 0 Å². The fourth-order valence-corrected chi connectivity index (χ4v) is 1.80. The van der Waals surface area contributed by atoms with Crippen LogP contribution in [0.5, 0.6) is 0 Å². The van der Waals surface area contributed by atoms with Gasteiger partial charge in [0.1, 0.15) is 11.7 Å². The summed E-state index contributed by atoms with van der Waals surface area (Å²) in [4.78, 5) is 36.5.